The molecule has 0 aliphatic heterocycles. The summed E-state index contributed by atoms with van der Waals surface area (Å²) < 4.78 is 4.61. The van der Waals surface area contributed by atoms with Crippen molar-refractivity contribution in [3.8, 4) is 0 Å². The predicted molar refractivity (Wildman–Crippen MR) is 61.9 cm³/mol. The molecule has 5 nitrogen and oxygen atoms in total. The molecule has 0 aliphatic rings. The standard InChI is InChI=1S/C12H15NO4/c1-7-5-8(10(6-13)11(14)15)3-4-9(7)12(16)17-2/h3-5,10H,6,13H2,1-2H3,(H,14,15). The van der Waals surface area contributed by atoms with Crippen LogP contribution in [-0.4, -0.2) is 30.7 Å². The highest BCUT2D eigenvalue weighted by molar-refractivity contribution is 5.91. The first-order chi connectivity index (χ1) is 8.01. The van der Waals surface area contributed by atoms with E-state index in [0.29, 0.717) is 16.7 Å². The number of ether oxygens (including phenoxy) is 1. The summed E-state index contributed by atoms with van der Waals surface area (Å²) in [6.45, 7) is 1.75. The fraction of sp³-hybridized carbons (Fsp3) is 0.333. The second-order valence-corrected chi connectivity index (χ2v) is 3.69. The van der Waals surface area contributed by atoms with Gasteiger partial charge < -0.3 is 15.6 Å². The average molecular weight is 237 g/mol. The lowest BCUT2D eigenvalue weighted by molar-refractivity contribution is -0.138. The monoisotopic (exact) mass is 237 g/mol. The lowest BCUT2D eigenvalue weighted by Crippen LogP contribution is -2.21. The average Bonchev–Trinajstić information content (AvgIpc) is 2.28. The number of carboxylic acids is 1. The molecule has 0 bridgehead atoms. The number of hydrogen-bond donors (Lipinski definition) is 2. The third-order valence-electron chi connectivity index (χ3n) is 2.59. The minimum absolute atomic E-state index is 0.0202. The summed E-state index contributed by atoms with van der Waals surface area (Å²) in [6.07, 6.45) is 0. The summed E-state index contributed by atoms with van der Waals surface area (Å²) in [5.41, 5.74) is 7.10. The summed E-state index contributed by atoms with van der Waals surface area (Å²) in [4.78, 5) is 22.3. The van der Waals surface area contributed by atoms with Crippen LogP contribution in [0.3, 0.4) is 0 Å². The number of esters is 1. The molecular weight excluding hydrogens is 222 g/mol. The minimum Gasteiger partial charge on any atom is -0.481 e. The minimum atomic E-state index is -0.974. The van der Waals surface area contributed by atoms with Crippen LogP contribution in [-0.2, 0) is 9.53 Å². The van der Waals surface area contributed by atoms with Crippen LogP contribution in [0.15, 0.2) is 18.2 Å². The van der Waals surface area contributed by atoms with Crippen molar-refractivity contribution in [1.82, 2.24) is 0 Å². The van der Waals surface area contributed by atoms with Crippen molar-refractivity contribution in [3.63, 3.8) is 0 Å². The molecule has 92 valence electrons. The van der Waals surface area contributed by atoms with Crippen LogP contribution in [0.4, 0.5) is 0 Å². The summed E-state index contributed by atoms with van der Waals surface area (Å²) in [7, 11) is 1.30. The van der Waals surface area contributed by atoms with Gasteiger partial charge in [0.1, 0.15) is 0 Å². The van der Waals surface area contributed by atoms with Crippen molar-refractivity contribution in [2.45, 2.75) is 12.8 Å². The van der Waals surface area contributed by atoms with Gasteiger partial charge in [0.05, 0.1) is 18.6 Å². The van der Waals surface area contributed by atoms with Crippen LogP contribution in [0.25, 0.3) is 0 Å². The molecule has 17 heavy (non-hydrogen) atoms. The number of rotatable bonds is 4. The van der Waals surface area contributed by atoms with Gasteiger partial charge in [0.2, 0.25) is 0 Å². The Labute approximate surface area is 99.2 Å². The zero-order valence-electron chi connectivity index (χ0n) is 9.77. The molecule has 1 atom stereocenters. The Morgan fingerprint density at radius 2 is 2.12 bits per heavy atom. The molecule has 0 aromatic heterocycles. The number of nitrogens with two attached hydrogens (primary N) is 1. The van der Waals surface area contributed by atoms with E-state index in [1.165, 1.54) is 7.11 Å². The van der Waals surface area contributed by atoms with Crippen LogP contribution in [0, 0.1) is 6.92 Å². The number of aliphatic carboxylic acids is 1. The van der Waals surface area contributed by atoms with Gasteiger partial charge in [-0.15, -0.1) is 0 Å². The highest BCUT2D eigenvalue weighted by atomic mass is 16.5. The quantitative estimate of drug-likeness (QED) is 0.759. The third-order valence-corrected chi connectivity index (χ3v) is 2.59. The highest BCUT2D eigenvalue weighted by Crippen LogP contribution is 2.19. The maximum absolute atomic E-state index is 11.4. The number of hydrogen-bond acceptors (Lipinski definition) is 4. The molecule has 0 radical (unpaired) electrons. The van der Waals surface area contributed by atoms with E-state index in [4.69, 9.17) is 10.8 Å². The van der Waals surface area contributed by atoms with Crippen molar-refractivity contribution >= 4 is 11.9 Å². The third kappa shape index (κ3) is 2.82. The Balaban J connectivity index is 3.11. The fourth-order valence-corrected chi connectivity index (χ4v) is 1.62. The van der Waals surface area contributed by atoms with E-state index in [1.54, 1.807) is 25.1 Å². The van der Waals surface area contributed by atoms with Gasteiger partial charge in [0.15, 0.2) is 0 Å². The van der Waals surface area contributed by atoms with Gasteiger partial charge in [-0.1, -0.05) is 12.1 Å². The first-order valence-electron chi connectivity index (χ1n) is 5.13. The van der Waals surface area contributed by atoms with Gasteiger partial charge in [0.25, 0.3) is 0 Å². The van der Waals surface area contributed by atoms with Crippen molar-refractivity contribution in [3.05, 3.63) is 34.9 Å². The van der Waals surface area contributed by atoms with Crippen LogP contribution >= 0.6 is 0 Å². The van der Waals surface area contributed by atoms with Gasteiger partial charge in [-0.3, -0.25) is 4.79 Å². The smallest absolute Gasteiger partial charge is 0.338 e. The van der Waals surface area contributed by atoms with Crippen LogP contribution < -0.4 is 5.73 Å². The lowest BCUT2D eigenvalue weighted by Gasteiger charge is -2.12. The zero-order chi connectivity index (χ0) is 13.0. The Hall–Kier alpha value is -1.88. The van der Waals surface area contributed by atoms with Gasteiger partial charge >= 0.3 is 11.9 Å². The Bertz CT molecular complexity index is 442. The normalized spacial score (nSPS) is 11.9. The van der Waals surface area contributed by atoms with Crippen molar-refractivity contribution in [2.24, 2.45) is 5.73 Å². The van der Waals surface area contributed by atoms with Crippen LogP contribution in [0.2, 0.25) is 0 Å². The topological polar surface area (TPSA) is 89.6 Å². The molecule has 1 aromatic rings. The van der Waals surface area contributed by atoms with E-state index in [9.17, 15) is 9.59 Å². The number of carboxylic acid groups (broad SMARTS) is 1. The summed E-state index contributed by atoms with van der Waals surface area (Å²) in [6, 6.07) is 4.80. The van der Waals surface area contributed by atoms with E-state index in [0.717, 1.165) is 0 Å². The summed E-state index contributed by atoms with van der Waals surface area (Å²) in [5.74, 6) is -2.16. The van der Waals surface area contributed by atoms with E-state index in [-0.39, 0.29) is 6.54 Å². The van der Waals surface area contributed by atoms with Crippen LogP contribution in [0.1, 0.15) is 27.4 Å². The van der Waals surface area contributed by atoms with Gasteiger partial charge in [-0.25, -0.2) is 4.79 Å². The summed E-state index contributed by atoms with van der Waals surface area (Å²) in [5, 5.41) is 8.97. The fourth-order valence-electron chi connectivity index (χ4n) is 1.62. The predicted octanol–water partition coefficient (Wildman–Crippen LogP) is 0.909. The summed E-state index contributed by atoms with van der Waals surface area (Å²) >= 11 is 0. The first kappa shape index (κ1) is 13.2. The Morgan fingerprint density at radius 1 is 1.47 bits per heavy atom. The first-order valence-corrected chi connectivity index (χ1v) is 5.13. The molecule has 1 unspecified atom stereocenters. The lowest BCUT2D eigenvalue weighted by atomic mass is 9.95. The number of benzene rings is 1. The number of aryl methyl sites for hydroxylation is 1. The molecular formula is C12H15NO4. The molecule has 0 saturated heterocycles. The molecule has 0 aliphatic carbocycles. The molecule has 0 saturated carbocycles. The van der Waals surface area contributed by atoms with Gasteiger partial charge in [0, 0.05) is 6.54 Å². The second-order valence-electron chi connectivity index (χ2n) is 3.69. The molecule has 3 N–H and O–H groups in total. The van der Waals surface area contributed by atoms with E-state index in [2.05, 4.69) is 4.74 Å². The number of carbonyl (C=O) groups excluding carboxylic acids is 1. The molecule has 0 fully saturated rings. The molecule has 0 spiro atoms. The van der Waals surface area contributed by atoms with E-state index in [1.807, 2.05) is 0 Å². The molecule has 0 heterocycles. The van der Waals surface area contributed by atoms with Gasteiger partial charge in [-0.05, 0) is 24.1 Å². The van der Waals surface area contributed by atoms with Gasteiger partial charge in [-0.2, -0.15) is 0 Å². The maximum Gasteiger partial charge on any atom is 0.338 e. The largest absolute Gasteiger partial charge is 0.481 e. The Morgan fingerprint density at radius 3 is 2.53 bits per heavy atom. The van der Waals surface area contributed by atoms with E-state index < -0.39 is 17.9 Å². The van der Waals surface area contributed by atoms with E-state index >= 15 is 0 Å². The highest BCUT2D eigenvalue weighted by Gasteiger charge is 2.19. The molecule has 5 heteroatoms. The number of methoxy groups -OCH3 is 1. The second kappa shape index (κ2) is 5.45. The van der Waals surface area contributed by atoms with Crippen molar-refractivity contribution in [1.29, 1.82) is 0 Å². The SMILES string of the molecule is COC(=O)c1ccc(C(CN)C(=O)O)cc1C. The molecule has 0 amide bonds. The van der Waals surface area contributed by atoms with Crippen molar-refractivity contribution in [2.75, 3.05) is 13.7 Å². The maximum atomic E-state index is 11.4. The molecule has 1 rings (SSSR count). The molecule has 1 aromatic carbocycles. The zero-order valence-corrected chi connectivity index (χ0v) is 9.77. The van der Waals surface area contributed by atoms with Crippen molar-refractivity contribution < 1.29 is 19.4 Å². The van der Waals surface area contributed by atoms with Crippen LogP contribution in [0.5, 0.6) is 0 Å². The number of carbonyl (C=O) groups is 2. The Kier molecular flexibility index (Phi) is 4.23.